The number of benzene rings is 1. The van der Waals surface area contributed by atoms with Crippen LogP contribution >= 0.6 is 0 Å². The third-order valence-electron chi connectivity index (χ3n) is 5.06. The summed E-state index contributed by atoms with van der Waals surface area (Å²) in [7, 11) is 3.94. The minimum absolute atomic E-state index is 0.215. The molecule has 134 valence electrons. The molecule has 1 aromatic rings. The van der Waals surface area contributed by atoms with Crippen LogP contribution in [0.5, 0.6) is 5.75 Å². The Balaban J connectivity index is 1.69. The van der Waals surface area contributed by atoms with E-state index in [0.717, 1.165) is 31.1 Å². The maximum Gasteiger partial charge on any atom is 0.236 e. The molecule has 0 atom stereocenters. The molecule has 1 aliphatic carbocycles. The lowest BCUT2D eigenvalue weighted by Crippen LogP contribution is -2.44. The van der Waals surface area contributed by atoms with E-state index in [1.807, 2.05) is 42.1 Å². The summed E-state index contributed by atoms with van der Waals surface area (Å²) in [6.07, 6.45) is 4.76. The minimum atomic E-state index is 0.215. The van der Waals surface area contributed by atoms with Gasteiger partial charge in [0.15, 0.2) is 0 Å². The van der Waals surface area contributed by atoms with Crippen LogP contribution in [0.2, 0.25) is 0 Å². The Morgan fingerprint density at radius 3 is 2.58 bits per heavy atom. The molecule has 0 spiro atoms. The van der Waals surface area contributed by atoms with Gasteiger partial charge in [-0.05, 0) is 63.3 Å². The van der Waals surface area contributed by atoms with E-state index in [1.54, 1.807) is 0 Å². The molecule has 1 aromatic carbocycles. The van der Waals surface area contributed by atoms with Crippen molar-refractivity contribution in [3.63, 3.8) is 0 Å². The van der Waals surface area contributed by atoms with Crippen LogP contribution in [-0.4, -0.2) is 55.5 Å². The van der Waals surface area contributed by atoms with E-state index in [4.69, 9.17) is 4.74 Å². The number of carbonyl (C=O) groups is 1. The van der Waals surface area contributed by atoms with Crippen molar-refractivity contribution in [1.82, 2.24) is 9.80 Å². The Hall–Kier alpha value is -1.55. The molecule has 0 bridgehead atoms. The van der Waals surface area contributed by atoms with Crippen LogP contribution in [0.25, 0.3) is 0 Å². The first-order chi connectivity index (χ1) is 11.5. The van der Waals surface area contributed by atoms with Gasteiger partial charge < -0.3 is 9.64 Å². The summed E-state index contributed by atoms with van der Waals surface area (Å²) in [5.74, 6) is 1.92. The van der Waals surface area contributed by atoms with Gasteiger partial charge in [-0.2, -0.15) is 0 Å². The lowest BCUT2D eigenvalue weighted by molar-refractivity contribution is -0.133. The fraction of sp³-hybridized carbons (Fsp3) is 0.650. The predicted octanol–water partition coefficient (Wildman–Crippen LogP) is 3.34. The molecule has 2 rings (SSSR count). The van der Waals surface area contributed by atoms with Gasteiger partial charge in [-0.1, -0.05) is 19.1 Å². The molecule has 1 aliphatic rings. The summed E-state index contributed by atoms with van der Waals surface area (Å²) < 4.78 is 5.76. The first kappa shape index (κ1) is 18.8. The van der Waals surface area contributed by atoms with Crippen LogP contribution in [0.15, 0.2) is 24.3 Å². The van der Waals surface area contributed by atoms with E-state index in [-0.39, 0.29) is 5.91 Å². The highest BCUT2D eigenvalue weighted by Crippen LogP contribution is 2.26. The van der Waals surface area contributed by atoms with Gasteiger partial charge in [-0.3, -0.25) is 9.69 Å². The molecule has 4 nitrogen and oxygen atoms in total. The summed E-state index contributed by atoms with van der Waals surface area (Å²) in [5.41, 5.74) is 1.19. The standard InChI is InChI=1S/C20H32N2O2/c1-16-8-10-18(11-9-16)22(4)20(23)15-21(3)12-13-24-19-7-5-6-17(2)14-19/h5-7,14,16,18H,8-13,15H2,1-4H3. The molecule has 0 heterocycles. The molecule has 0 radical (unpaired) electrons. The fourth-order valence-electron chi connectivity index (χ4n) is 3.28. The van der Waals surface area contributed by atoms with E-state index in [2.05, 4.69) is 19.9 Å². The predicted molar refractivity (Wildman–Crippen MR) is 98.4 cm³/mol. The molecule has 1 saturated carbocycles. The summed E-state index contributed by atoms with van der Waals surface area (Å²) in [6.45, 7) is 6.16. The Kier molecular flexibility index (Phi) is 7.10. The van der Waals surface area contributed by atoms with E-state index < -0.39 is 0 Å². The largest absolute Gasteiger partial charge is 0.492 e. The van der Waals surface area contributed by atoms with Gasteiger partial charge in [-0.25, -0.2) is 0 Å². The monoisotopic (exact) mass is 332 g/mol. The highest BCUT2D eigenvalue weighted by Gasteiger charge is 2.25. The van der Waals surface area contributed by atoms with E-state index >= 15 is 0 Å². The Morgan fingerprint density at radius 2 is 1.92 bits per heavy atom. The summed E-state index contributed by atoms with van der Waals surface area (Å²) in [6, 6.07) is 8.47. The molecular weight excluding hydrogens is 300 g/mol. The lowest BCUT2D eigenvalue weighted by atomic mass is 9.87. The zero-order chi connectivity index (χ0) is 17.5. The molecular formula is C20H32N2O2. The van der Waals surface area contributed by atoms with Crippen LogP contribution in [0.1, 0.15) is 38.2 Å². The van der Waals surface area contributed by atoms with Crippen molar-refractivity contribution < 1.29 is 9.53 Å². The molecule has 0 N–H and O–H groups in total. The van der Waals surface area contributed by atoms with Crippen molar-refractivity contribution in [3.05, 3.63) is 29.8 Å². The van der Waals surface area contributed by atoms with Gasteiger partial charge >= 0.3 is 0 Å². The van der Waals surface area contributed by atoms with Crippen molar-refractivity contribution in [2.45, 2.75) is 45.6 Å². The SMILES string of the molecule is Cc1cccc(OCCN(C)CC(=O)N(C)C2CCC(C)CC2)c1. The molecule has 24 heavy (non-hydrogen) atoms. The van der Waals surface area contributed by atoms with Crippen molar-refractivity contribution in [1.29, 1.82) is 0 Å². The van der Waals surface area contributed by atoms with Crippen LogP contribution in [0.4, 0.5) is 0 Å². The van der Waals surface area contributed by atoms with E-state index in [9.17, 15) is 4.79 Å². The molecule has 0 saturated heterocycles. The second-order valence-electron chi connectivity index (χ2n) is 7.32. The maximum absolute atomic E-state index is 12.5. The van der Waals surface area contributed by atoms with Gasteiger partial charge in [0.2, 0.25) is 5.91 Å². The van der Waals surface area contributed by atoms with Crippen molar-refractivity contribution >= 4 is 5.91 Å². The number of hydrogen-bond donors (Lipinski definition) is 0. The van der Waals surface area contributed by atoms with Gasteiger partial charge in [0.25, 0.3) is 0 Å². The zero-order valence-electron chi connectivity index (χ0n) is 15.6. The third-order valence-corrected chi connectivity index (χ3v) is 5.06. The number of amides is 1. The summed E-state index contributed by atoms with van der Waals surface area (Å²) in [5, 5.41) is 0. The van der Waals surface area contributed by atoms with Crippen LogP contribution in [0.3, 0.4) is 0 Å². The molecule has 4 heteroatoms. The first-order valence-corrected chi connectivity index (χ1v) is 9.09. The highest BCUT2D eigenvalue weighted by molar-refractivity contribution is 5.78. The quantitative estimate of drug-likeness (QED) is 0.768. The normalized spacial score (nSPS) is 20.9. The smallest absolute Gasteiger partial charge is 0.236 e. The summed E-state index contributed by atoms with van der Waals surface area (Å²) in [4.78, 5) is 16.5. The van der Waals surface area contributed by atoms with E-state index in [1.165, 1.54) is 18.4 Å². The van der Waals surface area contributed by atoms with E-state index in [0.29, 0.717) is 19.2 Å². The van der Waals surface area contributed by atoms with Crippen molar-refractivity contribution in [3.8, 4) is 5.75 Å². The Labute approximate surface area is 146 Å². The highest BCUT2D eigenvalue weighted by atomic mass is 16.5. The summed E-state index contributed by atoms with van der Waals surface area (Å²) >= 11 is 0. The van der Waals surface area contributed by atoms with Crippen LogP contribution in [-0.2, 0) is 4.79 Å². The number of likely N-dealkylation sites (N-methyl/N-ethyl adjacent to an activating group) is 2. The molecule has 0 unspecified atom stereocenters. The van der Waals surface area contributed by atoms with Crippen molar-refractivity contribution in [2.24, 2.45) is 5.92 Å². The number of carbonyl (C=O) groups excluding carboxylic acids is 1. The Morgan fingerprint density at radius 1 is 1.21 bits per heavy atom. The minimum Gasteiger partial charge on any atom is -0.492 e. The average molecular weight is 332 g/mol. The number of ether oxygens (including phenoxy) is 1. The zero-order valence-corrected chi connectivity index (χ0v) is 15.6. The van der Waals surface area contributed by atoms with Crippen molar-refractivity contribution in [2.75, 3.05) is 33.8 Å². The lowest BCUT2D eigenvalue weighted by Gasteiger charge is -2.34. The second-order valence-corrected chi connectivity index (χ2v) is 7.32. The molecule has 0 aliphatic heterocycles. The number of hydrogen-bond acceptors (Lipinski definition) is 3. The first-order valence-electron chi connectivity index (χ1n) is 9.09. The van der Waals surface area contributed by atoms with Gasteiger partial charge in [0.1, 0.15) is 12.4 Å². The number of rotatable bonds is 7. The van der Waals surface area contributed by atoms with Gasteiger partial charge in [-0.15, -0.1) is 0 Å². The second kappa shape index (κ2) is 9.07. The third kappa shape index (κ3) is 5.82. The molecule has 1 fully saturated rings. The van der Waals surface area contributed by atoms with Crippen LogP contribution in [0, 0.1) is 12.8 Å². The topological polar surface area (TPSA) is 32.8 Å². The molecule has 0 aromatic heterocycles. The number of nitrogens with zero attached hydrogens (tertiary/aromatic N) is 2. The Bertz CT molecular complexity index is 524. The fourth-order valence-corrected chi connectivity index (χ4v) is 3.28. The average Bonchev–Trinajstić information content (AvgIpc) is 2.55. The maximum atomic E-state index is 12.5. The van der Waals surface area contributed by atoms with Crippen LogP contribution < -0.4 is 4.74 Å². The molecule has 1 amide bonds. The van der Waals surface area contributed by atoms with Gasteiger partial charge in [0, 0.05) is 19.6 Å². The van der Waals surface area contributed by atoms with Gasteiger partial charge in [0.05, 0.1) is 6.54 Å². The number of aryl methyl sites for hydroxylation is 1.